The predicted molar refractivity (Wildman–Crippen MR) is 91.3 cm³/mol. The minimum atomic E-state index is -5.10. The monoisotopic (exact) mass is 438 g/mol. The van der Waals surface area contributed by atoms with Crippen molar-refractivity contribution in [1.82, 2.24) is 24.1 Å². The van der Waals surface area contributed by atoms with Gasteiger partial charge in [0.25, 0.3) is 0 Å². The Morgan fingerprint density at radius 2 is 1.93 bits per heavy atom. The molecule has 3 rings (SSSR count). The lowest BCUT2D eigenvalue weighted by molar-refractivity contribution is -0.167. The van der Waals surface area contributed by atoms with Crippen LogP contribution in [-0.2, 0) is 18.0 Å². The molecule has 0 saturated carbocycles. The zero-order chi connectivity index (χ0) is 21.6. The Morgan fingerprint density at radius 1 is 1.24 bits per heavy atom. The Hall–Kier alpha value is -2.77. The van der Waals surface area contributed by atoms with Gasteiger partial charge in [-0.1, -0.05) is 6.92 Å². The van der Waals surface area contributed by atoms with Gasteiger partial charge < -0.3 is 5.32 Å². The molecular weight excluding hydrogens is 426 g/mol. The van der Waals surface area contributed by atoms with Crippen molar-refractivity contribution in [3.63, 3.8) is 0 Å². The predicted octanol–water partition coefficient (Wildman–Crippen LogP) is 3.76. The van der Waals surface area contributed by atoms with Crippen molar-refractivity contribution < 1.29 is 31.1 Å². The van der Waals surface area contributed by atoms with E-state index in [1.165, 1.54) is 17.6 Å². The van der Waals surface area contributed by atoms with Crippen LogP contribution in [0, 0.1) is 0 Å². The van der Waals surface area contributed by atoms with E-state index in [2.05, 4.69) is 15.1 Å². The van der Waals surface area contributed by atoms with E-state index in [4.69, 9.17) is 0 Å². The van der Waals surface area contributed by atoms with Crippen LogP contribution in [0.1, 0.15) is 12.6 Å². The highest BCUT2D eigenvalue weighted by atomic mass is 32.2. The van der Waals surface area contributed by atoms with Gasteiger partial charge in [-0.3, -0.25) is 13.9 Å². The first-order chi connectivity index (χ1) is 13.4. The van der Waals surface area contributed by atoms with E-state index in [1.807, 2.05) is 0 Å². The van der Waals surface area contributed by atoms with Crippen LogP contribution < -0.4 is 5.32 Å². The number of carbonyl (C=O) groups excluding carboxylic acids is 1. The third-order valence-electron chi connectivity index (χ3n) is 3.66. The van der Waals surface area contributed by atoms with Crippen molar-refractivity contribution in [2.24, 2.45) is 7.05 Å². The maximum absolute atomic E-state index is 12.8. The van der Waals surface area contributed by atoms with Crippen molar-refractivity contribution in [2.45, 2.75) is 24.2 Å². The fraction of sp³-hybridized carbons (Fsp3) is 0.333. The zero-order valence-electron chi connectivity index (χ0n) is 14.8. The molecule has 14 heteroatoms. The summed E-state index contributed by atoms with van der Waals surface area (Å²) in [6.07, 6.45) is -7.48. The van der Waals surface area contributed by atoms with Crippen molar-refractivity contribution in [3.8, 4) is 11.4 Å². The van der Waals surface area contributed by atoms with Gasteiger partial charge in [-0.05, 0) is 5.75 Å². The number of hydrogen-bond donors (Lipinski definition) is 1. The lowest BCUT2D eigenvalue weighted by Gasteiger charge is -2.09. The molecule has 0 saturated heterocycles. The number of nitrogens with zero attached hydrogens (tertiary/aromatic N) is 5. The van der Waals surface area contributed by atoms with E-state index in [1.54, 1.807) is 12.2 Å². The summed E-state index contributed by atoms with van der Waals surface area (Å²) in [6, 6.07) is 0.741. The summed E-state index contributed by atoms with van der Waals surface area (Å²) < 4.78 is 78.6. The summed E-state index contributed by atoms with van der Waals surface area (Å²) >= 11 is 1.10. The number of fused-ring (bicyclic) bond motifs is 1. The fourth-order valence-corrected chi connectivity index (χ4v) is 3.32. The van der Waals surface area contributed by atoms with E-state index in [0.717, 1.165) is 28.8 Å². The molecule has 0 aliphatic carbocycles. The number of aryl methyl sites for hydroxylation is 1. The van der Waals surface area contributed by atoms with Gasteiger partial charge >= 0.3 is 18.3 Å². The van der Waals surface area contributed by atoms with Crippen LogP contribution >= 0.6 is 11.8 Å². The molecule has 0 aliphatic rings. The van der Waals surface area contributed by atoms with E-state index in [9.17, 15) is 31.1 Å². The number of nitrogens with one attached hydrogen (secondary N) is 1. The molecule has 3 heterocycles. The van der Waals surface area contributed by atoms with Crippen molar-refractivity contribution >= 4 is 29.1 Å². The number of hydrogen-bond acceptors (Lipinski definition) is 5. The third-order valence-corrected chi connectivity index (χ3v) is 4.63. The zero-order valence-corrected chi connectivity index (χ0v) is 15.6. The molecule has 1 N–H and O–H groups in total. The molecule has 156 valence electrons. The Balaban J connectivity index is 2.08. The quantitative estimate of drug-likeness (QED) is 0.496. The van der Waals surface area contributed by atoms with E-state index in [0.29, 0.717) is 5.75 Å². The molecule has 0 aromatic carbocycles. The lowest BCUT2D eigenvalue weighted by Crippen LogP contribution is -2.31. The second-order valence-corrected chi connectivity index (χ2v) is 6.97. The standard InChI is InChI=1S/C15H12F6N6OS/c1-3-29-11-10(25-26(2)12(11)24-13(28)15(19,20)21)7-5-27-6-22-8(14(16,17)18)4-9(27)23-7/h4-6H,3H2,1-2H3,(H,24,28). The first-order valence-corrected chi connectivity index (χ1v) is 8.90. The van der Waals surface area contributed by atoms with Crippen molar-refractivity contribution in [2.75, 3.05) is 11.1 Å². The van der Waals surface area contributed by atoms with Crippen LogP contribution in [0.3, 0.4) is 0 Å². The van der Waals surface area contributed by atoms with Crippen LogP contribution in [0.25, 0.3) is 17.0 Å². The average molecular weight is 438 g/mol. The normalized spacial score (nSPS) is 12.6. The maximum atomic E-state index is 12.8. The topological polar surface area (TPSA) is 77.1 Å². The second kappa shape index (κ2) is 7.24. The molecule has 29 heavy (non-hydrogen) atoms. The SMILES string of the molecule is CCSc1c(-c2cn3cnc(C(F)(F)F)cc3n2)nn(C)c1NC(=O)C(F)(F)F. The molecule has 0 fully saturated rings. The van der Waals surface area contributed by atoms with Gasteiger partial charge in [0.15, 0.2) is 0 Å². The fourth-order valence-electron chi connectivity index (χ4n) is 2.43. The molecule has 7 nitrogen and oxygen atoms in total. The van der Waals surface area contributed by atoms with Gasteiger partial charge in [0.1, 0.15) is 34.9 Å². The number of alkyl halides is 6. The number of carbonyl (C=O) groups is 1. The number of anilines is 1. The lowest BCUT2D eigenvalue weighted by atomic mass is 10.3. The summed E-state index contributed by atoms with van der Waals surface area (Å²) in [5, 5.41) is 5.87. The van der Waals surface area contributed by atoms with E-state index >= 15 is 0 Å². The third kappa shape index (κ3) is 4.16. The van der Waals surface area contributed by atoms with E-state index < -0.39 is 24.0 Å². The largest absolute Gasteiger partial charge is 0.471 e. The molecular formula is C15H12F6N6OS. The minimum absolute atomic E-state index is 0.0682. The number of halogens is 6. The first kappa shape index (κ1) is 21.0. The van der Waals surface area contributed by atoms with Gasteiger partial charge in [0.05, 0.1) is 4.90 Å². The second-order valence-electron chi connectivity index (χ2n) is 5.70. The smallest absolute Gasteiger partial charge is 0.302 e. The molecule has 1 amide bonds. The number of thioether (sulfide) groups is 1. The number of amides is 1. The number of aromatic nitrogens is 5. The van der Waals surface area contributed by atoms with Crippen molar-refractivity contribution in [1.29, 1.82) is 0 Å². The molecule has 3 aromatic rings. The van der Waals surface area contributed by atoms with Crippen molar-refractivity contribution in [3.05, 3.63) is 24.3 Å². The molecule has 3 aromatic heterocycles. The Bertz CT molecular complexity index is 1070. The van der Waals surface area contributed by atoms with Crippen LogP contribution in [0.5, 0.6) is 0 Å². The Morgan fingerprint density at radius 3 is 2.52 bits per heavy atom. The Labute approximate surface area is 163 Å². The highest BCUT2D eigenvalue weighted by molar-refractivity contribution is 7.99. The van der Waals surface area contributed by atoms with Crippen LogP contribution in [0.15, 0.2) is 23.5 Å². The molecule has 0 atom stereocenters. The summed E-state index contributed by atoms with van der Waals surface area (Å²) in [6.45, 7) is 1.74. The maximum Gasteiger partial charge on any atom is 0.471 e. The average Bonchev–Trinajstić information content (AvgIpc) is 3.15. The van der Waals surface area contributed by atoms with Crippen LogP contribution in [0.2, 0.25) is 0 Å². The molecule has 0 aliphatic heterocycles. The van der Waals surface area contributed by atoms with Gasteiger partial charge in [0, 0.05) is 19.3 Å². The number of rotatable bonds is 4. The van der Waals surface area contributed by atoms with Crippen LogP contribution in [-0.4, -0.2) is 42.0 Å². The van der Waals surface area contributed by atoms with Gasteiger partial charge in [0.2, 0.25) is 0 Å². The molecule has 0 unspecified atom stereocenters. The van der Waals surface area contributed by atoms with Gasteiger partial charge in [-0.25, -0.2) is 9.97 Å². The van der Waals surface area contributed by atoms with Crippen LogP contribution in [0.4, 0.5) is 32.2 Å². The minimum Gasteiger partial charge on any atom is -0.302 e. The molecule has 0 bridgehead atoms. The van der Waals surface area contributed by atoms with Gasteiger partial charge in [-0.2, -0.15) is 31.4 Å². The number of imidazole rings is 1. The summed E-state index contributed by atoms with van der Waals surface area (Å²) in [5.41, 5.74) is -0.968. The molecule has 0 radical (unpaired) electrons. The highest BCUT2D eigenvalue weighted by Crippen LogP contribution is 2.37. The highest BCUT2D eigenvalue weighted by Gasteiger charge is 2.40. The van der Waals surface area contributed by atoms with Gasteiger partial charge in [-0.15, -0.1) is 11.8 Å². The summed E-state index contributed by atoms with van der Waals surface area (Å²) in [5.74, 6) is -1.93. The van der Waals surface area contributed by atoms with E-state index in [-0.39, 0.29) is 27.7 Å². The summed E-state index contributed by atoms with van der Waals surface area (Å²) in [7, 11) is 1.33. The Kier molecular flexibility index (Phi) is 5.23. The molecule has 0 spiro atoms. The first-order valence-electron chi connectivity index (χ1n) is 7.92. The summed E-state index contributed by atoms with van der Waals surface area (Å²) in [4.78, 5) is 18.9.